The van der Waals surface area contributed by atoms with Gasteiger partial charge in [0.1, 0.15) is 0 Å². The minimum absolute atomic E-state index is 0.0248. The quantitative estimate of drug-likeness (QED) is 0.708. The molecule has 1 aliphatic heterocycles. The minimum Gasteiger partial charge on any atom is -0.454 e. The van der Waals surface area contributed by atoms with Gasteiger partial charge in [-0.2, -0.15) is 5.26 Å². The third-order valence-electron chi connectivity index (χ3n) is 3.81. The summed E-state index contributed by atoms with van der Waals surface area (Å²) in [5, 5.41) is 9.03. The number of nitrogens with zero attached hydrogens (tertiary/aromatic N) is 2. The van der Waals surface area contributed by atoms with Crippen molar-refractivity contribution in [3.8, 4) is 17.6 Å². The molecule has 3 rings (SSSR count). The first-order valence-corrected chi connectivity index (χ1v) is 8.46. The van der Waals surface area contributed by atoms with Crippen LogP contribution in [-0.4, -0.2) is 31.8 Å². The second-order valence-corrected chi connectivity index (χ2v) is 5.96. The monoisotopic (exact) mass is 386 g/mol. The van der Waals surface area contributed by atoms with E-state index in [4.69, 9.17) is 31.1 Å². The Bertz CT molecular complexity index is 895. The maximum absolute atomic E-state index is 12.5. The Morgan fingerprint density at radius 1 is 1.22 bits per heavy atom. The van der Waals surface area contributed by atoms with Gasteiger partial charge in [0.2, 0.25) is 6.79 Å². The average molecular weight is 387 g/mol. The van der Waals surface area contributed by atoms with Gasteiger partial charge < -0.3 is 19.1 Å². The molecular formula is C19H15ClN2O5. The first-order valence-electron chi connectivity index (χ1n) is 8.09. The van der Waals surface area contributed by atoms with Crippen molar-refractivity contribution in [1.82, 2.24) is 0 Å². The third-order valence-corrected chi connectivity index (χ3v) is 4.09. The van der Waals surface area contributed by atoms with E-state index in [0.717, 1.165) is 0 Å². The van der Waals surface area contributed by atoms with E-state index in [-0.39, 0.29) is 30.3 Å². The van der Waals surface area contributed by atoms with E-state index in [9.17, 15) is 9.59 Å². The molecular weight excluding hydrogens is 372 g/mol. The number of hydrogen-bond donors (Lipinski definition) is 0. The van der Waals surface area contributed by atoms with E-state index < -0.39 is 18.5 Å². The fourth-order valence-corrected chi connectivity index (χ4v) is 2.81. The van der Waals surface area contributed by atoms with E-state index in [2.05, 4.69) is 0 Å². The average Bonchev–Trinajstić information content (AvgIpc) is 3.16. The molecule has 0 N–H and O–H groups in total. The summed E-state index contributed by atoms with van der Waals surface area (Å²) in [6, 6.07) is 13.7. The molecule has 0 unspecified atom stereocenters. The number of carbonyl (C=O) groups excluding carboxylic acids is 2. The Balaban J connectivity index is 1.67. The Morgan fingerprint density at radius 2 is 2.00 bits per heavy atom. The van der Waals surface area contributed by atoms with Gasteiger partial charge in [-0.1, -0.05) is 29.8 Å². The summed E-state index contributed by atoms with van der Waals surface area (Å²) >= 11 is 6.05. The van der Waals surface area contributed by atoms with E-state index in [1.54, 1.807) is 24.3 Å². The number of esters is 1. The molecule has 0 radical (unpaired) electrons. The fraction of sp³-hybridized carbons (Fsp3) is 0.211. The van der Waals surface area contributed by atoms with Crippen molar-refractivity contribution in [2.24, 2.45) is 0 Å². The second kappa shape index (κ2) is 8.43. The van der Waals surface area contributed by atoms with Crippen LogP contribution < -0.4 is 14.4 Å². The van der Waals surface area contributed by atoms with E-state index >= 15 is 0 Å². The molecule has 0 aliphatic carbocycles. The van der Waals surface area contributed by atoms with Crippen molar-refractivity contribution >= 4 is 29.2 Å². The normalized spacial score (nSPS) is 11.6. The number of halogens is 1. The first kappa shape index (κ1) is 18.5. The Kier molecular flexibility index (Phi) is 5.79. The molecule has 0 aromatic heterocycles. The molecule has 7 nitrogen and oxygen atoms in total. The Morgan fingerprint density at radius 3 is 2.74 bits per heavy atom. The van der Waals surface area contributed by atoms with Gasteiger partial charge in [0.05, 0.1) is 23.1 Å². The van der Waals surface area contributed by atoms with Crippen LogP contribution in [0.1, 0.15) is 16.8 Å². The number of benzene rings is 2. The summed E-state index contributed by atoms with van der Waals surface area (Å²) in [7, 11) is 0. The molecule has 0 bridgehead atoms. The first-order chi connectivity index (χ1) is 13.1. The molecule has 1 aliphatic rings. The van der Waals surface area contributed by atoms with Crippen molar-refractivity contribution in [2.45, 2.75) is 6.42 Å². The van der Waals surface area contributed by atoms with Crippen molar-refractivity contribution in [1.29, 1.82) is 5.26 Å². The molecule has 0 saturated heterocycles. The molecule has 2 aromatic rings. The molecule has 27 heavy (non-hydrogen) atoms. The summed E-state index contributed by atoms with van der Waals surface area (Å²) in [6.07, 6.45) is 0.159. The molecule has 0 atom stereocenters. The standard InChI is InChI=1S/C19H15ClN2O5/c20-15-9-13(10-16-18(15)27-12-26-16)19(24)25-11-17(23)22(8-4-7-21)14-5-2-1-3-6-14/h1-3,5-6,9-10H,4,8,11-12H2. The van der Waals surface area contributed by atoms with Gasteiger partial charge in [-0.05, 0) is 24.3 Å². The van der Waals surface area contributed by atoms with Gasteiger partial charge in [0.25, 0.3) is 5.91 Å². The van der Waals surface area contributed by atoms with Crippen LogP contribution in [0.5, 0.6) is 11.5 Å². The minimum atomic E-state index is -0.711. The summed E-state index contributed by atoms with van der Waals surface area (Å²) in [5.41, 5.74) is 0.778. The number of carbonyl (C=O) groups is 2. The third kappa shape index (κ3) is 4.30. The lowest BCUT2D eigenvalue weighted by atomic mass is 10.2. The molecule has 0 fully saturated rings. The van der Waals surface area contributed by atoms with E-state index in [1.165, 1.54) is 17.0 Å². The molecule has 138 valence electrons. The number of ether oxygens (including phenoxy) is 3. The highest BCUT2D eigenvalue weighted by atomic mass is 35.5. The Hall–Kier alpha value is -3.24. The lowest BCUT2D eigenvalue weighted by Gasteiger charge is -2.21. The van der Waals surface area contributed by atoms with Crippen molar-refractivity contribution in [3.63, 3.8) is 0 Å². The summed E-state index contributed by atoms with van der Waals surface area (Å²) in [5.74, 6) is -0.426. The topological polar surface area (TPSA) is 88.9 Å². The van der Waals surface area contributed by atoms with Gasteiger partial charge in [-0.3, -0.25) is 4.79 Å². The van der Waals surface area contributed by atoms with Crippen LogP contribution in [-0.2, 0) is 9.53 Å². The fourth-order valence-electron chi connectivity index (χ4n) is 2.54. The number of para-hydroxylation sites is 1. The van der Waals surface area contributed by atoms with Gasteiger partial charge in [-0.25, -0.2) is 4.79 Å². The van der Waals surface area contributed by atoms with Crippen molar-refractivity contribution < 1.29 is 23.8 Å². The predicted molar refractivity (Wildman–Crippen MR) is 96.9 cm³/mol. The highest BCUT2D eigenvalue weighted by Crippen LogP contribution is 2.39. The molecule has 2 aromatic carbocycles. The molecule has 1 heterocycles. The maximum Gasteiger partial charge on any atom is 0.338 e. The van der Waals surface area contributed by atoms with Crippen LogP contribution in [0.3, 0.4) is 0 Å². The highest BCUT2D eigenvalue weighted by molar-refractivity contribution is 6.32. The number of rotatable bonds is 6. The number of amides is 1. The largest absolute Gasteiger partial charge is 0.454 e. The lowest BCUT2D eigenvalue weighted by Crippen LogP contribution is -2.35. The van der Waals surface area contributed by atoms with Gasteiger partial charge in [0.15, 0.2) is 18.1 Å². The smallest absolute Gasteiger partial charge is 0.338 e. The maximum atomic E-state index is 12.5. The van der Waals surface area contributed by atoms with Crippen LogP contribution in [0.25, 0.3) is 0 Å². The van der Waals surface area contributed by atoms with Crippen LogP contribution in [0.2, 0.25) is 5.02 Å². The van der Waals surface area contributed by atoms with Crippen LogP contribution in [0.15, 0.2) is 42.5 Å². The van der Waals surface area contributed by atoms with E-state index in [1.807, 2.05) is 12.1 Å². The van der Waals surface area contributed by atoms with Gasteiger partial charge >= 0.3 is 5.97 Å². The number of fused-ring (bicyclic) bond motifs is 1. The molecule has 8 heteroatoms. The molecule has 0 spiro atoms. The highest BCUT2D eigenvalue weighted by Gasteiger charge is 2.23. The number of anilines is 1. The molecule has 0 saturated carbocycles. The SMILES string of the molecule is N#CCCN(C(=O)COC(=O)c1cc(Cl)c2c(c1)OCO2)c1ccccc1. The van der Waals surface area contributed by atoms with Gasteiger partial charge in [-0.15, -0.1) is 0 Å². The number of nitriles is 1. The lowest BCUT2D eigenvalue weighted by molar-refractivity contribution is -0.121. The van der Waals surface area contributed by atoms with Crippen LogP contribution in [0.4, 0.5) is 5.69 Å². The zero-order chi connectivity index (χ0) is 19.2. The Labute approximate surface area is 160 Å². The second-order valence-electron chi connectivity index (χ2n) is 5.56. The summed E-state index contributed by atoms with van der Waals surface area (Å²) in [4.78, 5) is 26.2. The van der Waals surface area contributed by atoms with Crippen molar-refractivity contribution in [3.05, 3.63) is 53.1 Å². The van der Waals surface area contributed by atoms with Crippen molar-refractivity contribution in [2.75, 3.05) is 24.8 Å². The van der Waals surface area contributed by atoms with Gasteiger partial charge in [0, 0.05) is 12.2 Å². The van der Waals surface area contributed by atoms with Crippen LogP contribution >= 0.6 is 11.6 Å². The predicted octanol–water partition coefficient (Wildman–Crippen LogP) is 3.17. The zero-order valence-electron chi connectivity index (χ0n) is 14.2. The summed E-state index contributed by atoms with van der Waals surface area (Å²) < 4.78 is 15.5. The summed E-state index contributed by atoms with van der Waals surface area (Å²) in [6.45, 7) is -0.241. The zero-order valence-corrected chi connectivity index (χ0v) is 14.9. The molecule has 1 amide bonds. The van der Waals surface area contributed by atoms with Crippen LogP contribution in [0, 0.1) is 11.3 Å². The number of hydrogen-bond acceptors (Lipinski definition) is 6. The van der Waals surface area contributed by atoms with E-state index in [0.29, 0.717) is 17.2 Å².